The van der Waals surface area contributed by atoms with Gasteiger partial charge in [-0.2, -0.15) is 0 Å². The lowest BCUT2D eigenvalue weighted by molar-refractivity contribution is -0.146. The number of carbonyl (C=O) groups excluding carboxylic acids is 3. The van der Waals surface area contributed by atoms with Crippen LogP contribution in [0.15, 0.2) is 18.2 Å². The number of carboxylic acid groups (broad SMARTS) is 1. The molecule has 3 heterocycles. The van der Waals surface area contributed by atoms with Crippen molar-refractivity contribution in [3.8, 4) is 0 Å². The van der Waals surface area contributed by atoms with Gasteiger partial charge in [-0.15, -0.1) is 0 Å². The number of hydrogen-bond acceptors (Lipinski definition) is 5. The summed E-state index contributed by atoms with van der Waals surface area (Å²) in [5, 5.41) is 15.4. The number of imide groups is 1. The number of aliphatic carboxylic acids is 1. The number of nitrogens with zero attached hydrogens (tertiary/aromatic N) is 1. The lowest BCUT2D eigenvalue weighted by Crippen LogP contribution is -2.54. The molecule has 3 fully saturated rings. The lowest BCUT2D eigenvalue weighted by Gasteiger charge is -2.34. The second-order valence-corrected chi connectivity index (χ2v) is 9.34. The Balaban J connectivity index is 1.60. The quantitative estimate of drug-likeness (QED) is 0.635. The van der Waals surface area contributed by atoms with Gasteiger partial charge in [-0.05, 0) is 32.3 Å². The molecule has 8 nitrogen and oxygen atoms in total. The summed E-state index contributed by atoms with van der Waals surface area (Å²) in [5.74, 6) is -3.44. The van der Waals surface area contributed by atoms with Crippen molar-refractivity contribution in [1.29, 1.82) is 0 Å². The highest BCUT2D eigenvalue weighted by atomic mass is 16.4. The van der Waals surface area contributed by atoms with E-state index in [-0.39, 0.29) is 36.6 Å². The molecule has 3 N–H and O–H groups in total. The average Bonchev–Trinajstić information content (AvgIpc) is 3.32. The number of aryl methyl sites for hydroxylation is 1. The summed E-state index contributed by atoms with van der Waals surface area (Å²) in [6.45, 7) is 1.92. The van der Waals surface area contributed by atoms with Crippen molar-refractivity contribution < 1.29 is 24.3 Å². The molecule has 0 bridgehead atoms. The largest absolute Gasteiger partial charge is 0.481 e. The molecule has 4 aliphatic rings. The topological polar surface area (TPSA) is 116 Å². The van der Waals surface area contributed by atoms with E-state index < -0.39 is 29.4 Å². The van der Waals surface area contributed by atoms with Gasteiger partial charge in [-0.3, -0.25) is 29.4 Å². The maximum absolute atomic E-state index is 13.8. The second kappa shape index (κ2) is 7.15. The number of anilines is 1. The van der Waals surface area contributed by atoms with E-state index in [2.05, 4.69) is 10.6 Å². The van der Waals surface area contributed by atoms with Crippen LogP contribution >= 0.6 is 0 Å². The molecule has 4 atom stereocenters. The monoisotopic (exact) mass is 425 g/mol. The Morgan fingerprint density at radius 3 is 2.61 bits per heavy atom. The number of carbonyl (C=O) groups is 4. The Hall–Kier alpha value is -2.74. The van der Waals surface area contributed by atoms with Gasteiger partial charge in [0, 0.05) is 29.8 Å². The second-order valence-electron chi connectivity index (χ2n) is 9.34. The van der Waals surface area contributed by atoms with E-state index >= 15 is 0 Å². The molecule has 0 aromatic heterocycles. The van der Waals surface area contributed by atoms with Gasteiger partial charge in [-0.25, -0.2) is 0 Å². The molecule has 0 unspecified atom stereocenters. The number of amides is 3. The van der Waals surface area contributed by atoms with Gasteiger partial charge in [0.25, 0.3) is 0 Å². The van der Waals surface area contributed by atoms with E-state index in [9.17, 15) is 24.3 Å². The fourth-order valence-corrected chi connectivity index (χ4v) is 6.16. The summed E-state index contributed by atoms with van der Waals surface area (Å²) in [6, 6.07) is 4.92. The van der Waals surface area contributed by atoms with Crippen LogP contribution in [0.25, 0.3) is 0 Å². The van der Waals surface area contributed by atoms with E-state index in [4.69, 9.17) is 0 Å². The molecule has 8 heteroatoms. The number of rotatable bonds is 4. The van der Waals surface area contributed by atoms with E-state index in [1.165, 1.54) is 4.90 Å². The number of benzene rings is 1. The van der Waals surface area contributed by atoms with E-state index in [0.717, 1.165) is 37.7 Å². The highest BCUT2D eigenvalue weighted by Gasteiger charge is 2.70. The zero-order valence-electron chi connectivity index (χ0n) is 17.5. The molecule has 3 amide bonds. The summed E-state index contributed by atoms with van der Waals surface area (Å²) in [5.41, 5.74) is 0.919. The van der Waals surface area contributed by atoms with Crippen LogP contribution in [0.3, 0.4) is 0 Å². The zero-order chi connectivity index (χ0) is 21.9. The molecule has 164 valence electrons. The molecular formula is C23H27N3O5. The van der Waals surface area contributed by atoms with Crippen LogP contribution in [0.1, 0.15) is 56.1 Å². The van der Waals surface area contributed by atoms with Crippen LogP contribution < -0.4 is 10.6 Å². The number of hydrogen-bond donors (Lipinski definition) is 3. The summed E-state index contributed by atoms with van der Waals surface area (Å²) in [7, 11) is 0. The van der Waals surface area contributed by atoms with Crippen LogP contribution in [0.4, 0.5) is 5.69 Å². The van der Waals surface area contributed by atoms with Gasteiger partial charge >= 0.3 is 5.97 Å². The fraction of sp³-hybridized carbons (Fsp3) is 0.565. The molecule has 5 rings (SSSR count). The zero-order valence-corrected chi connectivity index (χ0v) is 17.5. The molecule has 1 aromatic carbocycles. The maximum atomic E-state index is 13.8. The van der Waals surface area contributed by atoms with Crippen LogP contribution in [-0.2, 0) is 24.7 Å². The minimum absolute atomic E-state index is 0.127. The van der Waals surface area contributed by atoms with Crippen molar-refractivity contribution in [2.45, 2.75) is 69.5 Å². The van der Waals surface area contributed by atoms with Gasteiger partial charge in [0.2, 0.25) is 17.7 Å². The minimum atomic E-state index is -1.34. The Bertz CT molecular complexity index is 985. The third kappa shape index (κ3) is 2.84. The van der Waals surface area contributed by atoms with Gasteiger partial charge < -0.3 is 10.4 Å². The van der Waals surface area contributed by atoms with Crippen molar-refractivity contribution >= 4 is 29.4 Å². The Kier molecular flexibility index (Phi) is 4.66. The molecule has 31 heavy (non-hydrogen) atoms. The SMILES string of the molecule is Cc1ccc2c(c1)[C@@]1(N[C@H](CCC(=O)O)[C@H]3C(=O)N(C4CCCCC4)C(=O)[C@@H]31)C(=O)N2. The van der Waals surface area contributed by atoms with Crippen LogP contribution in [-0.4, -0.2) is 45.8 Å². The van der Waals surface area contributed by atoms with E-state index in [0.29, 0.717) is 11.3 Å². The molecule has 3 aliphatic heterocycles. The molecule has 1 aromatic rings. The number of fused-ring (bicyclic) bond motifs is 4. The summed E-state index contributed by atoms with van der Waals surface area (Å²) in [6.07, 6.45) is 4.69. The minimum Gasteiger partial charge on any atom is -0.481 e. The van der Waals surface area contributed by atoms with Gasteiger partial charge in [-0.1, -0.05) is 37.0 Å². The smallest absolute Gasteiger partial charge is 0.303 e. The molecule has 1 saturated carbocycles. The summed E-state index contributed by atoms with van der Waals surface area (Å²) in [4.78, 5) is 53.3. The van der Waals surface area contributed by atoms with Crippen LogP contribution in [0.2, 0.25) is 0 Å². The summed E-state index contributed by atoms with van der Waals surface area (Å²) >= 11 is 0. The Morgan fingerprint density at radius 2 is 1.90 bits per heavy atom. The predicted molar refractivity (Wildman–Crippen MR) is 111 cm³/mol. The Morgan fingerprint density at radius 1 is 1.16 bits per heavy atom. The molecule has 0 radical (unpaired) electrons. The number of carboxylic acids is 1. The molecular weight excluding hydrogens is 398 g/mol. The van der Waals surface area contributed by atoms with Crippen molar-refractivity contribution in [2.75, 3.05) is 5.32 Å². The maximum Gasteiger partial charge on any atom is 0.303 e. The predicted octanol–water partition coefficient (Wildman–Crippen LogP) is 1.91. The van der Waals surface area contributed by atoms with Crippen molar-refractivity contribution in [3.63, 3.8) is 0 Å². The third-order valence-electron chi connectivity index (χ3n) is 7.51. The van der Waals surface area contributed by atoms with Gasteiger partial charge in [0.1, 0.15) is 5.54 Å². The molecule has 2 saturated heterocycles. The van der Waals surface area contributed by atoms with Crippen LogP contribution in [0.5, 0.6) is 0 Å². The molecule has 1 spiro atoms. The third-order valence-corrected chi connectivity index (χ3v) is 7.51. The van der Waals surface area contributed by atoms with Crippen molar-refractivity contribution in [1.82, 2.24) is 10.2 Å². The van der Waals surface area contributed by atoms with Crippen LogP contribution in [0, 0.1) is 18.8 Å². The van der Waals surface area contributed by atoms with Gasteiger partial charge in [0.05, 0.1) is 11.8 Å². The number of likely N-dealkylation sites (tertiary alicyclic amines) is 1. The van der Waals surface area contributed by atoms with Crippen molar-refractivity contribution in [2.24, 2.45) is 11.8 Å². The van der Waals surface area contributed by atoms with Gasteiger partial charge in [0.15, 0.2) is 0 Å². The fourth-order valence-electron chi connectivity index (χ4n) is 6.16. The lowest BCUT2D eigenvalue weighted by atomic mass is 9.76. The van der Waals surface area contributed by atoms with Crippen molar-refractivity contribution in [3.05, 3.63) is 29.3 Å². The molecule has 1 aliphatic carbocycles. The first-order valence-corrected chi connectivity index (χ1v) is 11.1. The average molecular weight is 425 g/mol. The normalized spacial score (nSPS) is 32.5. The highest BCUT2D eigenvalue weighted by Crippen LogP contribution is 2.54. The first-order chi connectivity index (χ1) is 14.8. The standard InChI is InChI=1S/C23H27N3O5/c1-12-7-8-15-14(11-12)23(22(31)24-15)19-18(16(25-23)9-10-17(27)28)20(29)26(21(19)30)13-5-3-2-4-6-13/h7-8,11,13,16,18-19,25H,2-6,9-10H2,1H3,(H,24,31)(H,27,28)/t16-,18-,19-,23+/m1/s1. The highest BCUT2D eigenvalue weighted by molar-refractivity contribution is 6.15. The first-order valence-electron chi connectivity index (χ1n) is 11.1. The van der Waals surface area contributed by atoms with E-state index in [1.54, 1.807) is 0 Å². The van der Waals surface area contributed by atoms with E-state index in [1.807, 2.05) is 25.1 Å². The number of nitrogens with one attached hydrogen (secondary N) is 2. The summed E-state index contributed by atoms with van der Waals surface area (Å²) < 4.78 is 0. The first kappa shape index (κ1) is 20.2. The Labute approximate surface area is 180 Å².